The van der Waals surface area contributed by atoms with Crippen molar-refractivity contribution in [2.24, 2.45) is 0 Å². The number of thiophene rings is 2. The van der Waals surface area contributed by atoms with Crippen LogP contribution in [0.1, 0.15) is 0 Å². The third-order valence-electron chi connectivity index (χ3n) is 10.6. The van der Waals surface area contributed by atoms with Gasteiger partial charge in [-0.2, -0.15) is 0 Å². The lowest BCUT2D eigenvalue weighted by Crippen LogP contribution is -2.00. The Bertz CT molecular complexity index is 3220. The molecule has 0 spiro atoms. The maximum absolute atomic E-state index is 5.15. The average Bonchev–Trinajstić information content (AvgIpc) is 3.85. The Balaban J connectivity index is 0.973. The SMILES string of the molecule is c1ccc(-c2ccc(-c3ccc4sc5c(-c6ccc(-c7nc(-c8ccccc8)nc(-c8cccc9sc%10ccccc%10c89)n7)cc6)cccc5c4c3)cc2)cc1. The summed E-state index contributed by atoms with van der Waals surface area (Å²) < 4.78 is 5.05. The molecule has 11 aromatic rings. The first-order valence-corrected chi connectivity index (χ1v) is 20.3. The van der Waals surface area contributed by atoms with Crippen LogP contribution in [0.5, 0.6) is 0 Å². The van der Waals surface area contributed by atoms with Crippen LogP contribution in [0.25, 0.3) is 108 Å². The van der Waals surface area contributed by atoms with Gasteiger partial charge < -0.3 is 0 Å². The highest BCUT2D eigenvalue weighted by molar-refractivity contribution is 7.26. The third kappa shape index (κ3) is 5.68. The number of hydrogen-bond donors (Lipinski definition) is 0. The molecule has 8 aromatic carbocycles. The summed E-state index contributed by atoms with van der Waals surface area (Å²) in [4.78, 5) is 15.3. The molecule has 262 valence electrons. The van der Waals surface area contributed by atoms with Gasteiger partial charge in [0.1, 0.15) is 0 Å². The van der Waals surface area contributed by atoms with Gasteiger partial charge in [0.05, 0.1) is 0 Å². The largest absolute Gasteiger partial charge is 0.208 e. The summed E-state index contributed by atoms with van der Waals surface area (Å²) in [6, 6.07) is 66.8. The van der Waals surface area contributed by atoms with Crippen LogP contribution in [0, 0.1) is 0 Å². The minimum atomic E-state index is 0.654. The van der Waals surface area contributed by atoms with Gasteiger partial charge in [0, 0.05) is 57.0 Å². The summed E-state index contributed by atoms with van der Waals surface area (Å²) in [6.07, 6.45) is 0. The molecule has 0 fully saturated rings. The molecule has 56 heavy (non-hydrogen) atoms. The molecule has 0 N–H and O–H groups in total. The summed E-state index contributed by atoms with van der Waals surface area (Å²) in [5.41, 5.74) is 10.2. The van der Waals surface area contributed by atoms with Crippen molar-refractivity contribution >= 4 is 63.0 Å². The smallest absolute Gasteiger partial charge is 0.164 e. The van der Waals surface area contributed by atoms with Gasteiger partial charge in [-0.15, -0.1) is 22.7 Å². The van der Waals surface area contributed by atoms with Crippen LogP contribution in [0.15, 0.2) is 188 Å². The molecule has 11 rings (SSSR count). The standard InChI is InChI=1S/C51H31N3S2/c1-3-11-32(12-4-1)33-21-23-34(24-22-33)38-29-30-45-43(31-38)40-17-9-16-39(48(40)56-45)35-25-27-37(28-26-35)50-52-49(36-13-5-2-6-14-36)53-51(54-50)42-18-10-20-46-47(42)41-15-7-8-19-44(41)55-46/h1-31H. The number of hydrogen-bond acceptors (Lipinski definition) is 5. The molecule has 0 aliphatic heterocycles. The van der Waals surface area contributed by atoms with E-state index in [-0.39, 0.29) is 0 Å². The molecule has 0 saturated carbocycles. The molecule has 0 aliphatic rings. The lowest BCUT2D eigenvalue weighted by Gasteiger charge is -2.10. The predicted octanol–water partition coefficient (Wildman–Crippen LogP) is 14.6. The second-order valence-corrected chi connectivity index (χ2v) is 16.1. The monoisotopic (exact) mass is 749 g/mol. The number of benzene rings is 8. The number of rotatable bonds is 6. The first-order chi connectivity index (χ1) is 27.7. The predicted molar refractivity (Wildman–Crippen MR) is 238 cm³/mol. The van der Waals surface area contributed by atoms with Gasteiger partial charge in [0.2, 0.25) is 0 Å². The fourth-order valence-electron chi connectivity index (χ4n) is 7.79. The number of nitrogens with zero attached hydrogens (tertiary/aromatic N) is 3. The van der Waals surface area contributed by atoms with E-state index in [2.05, 4.69) is 170 Å². The Labute approximate surface area is 331 Å². The van der Waals surface area contributed by atoms with Crippen LogP contribution < -0.4 is 0 Å². The fraction of sp³-hybridized carbons (Fsp3) is 0. The normalized spacial score (nSPS) is 11.6. The molecule has 0 aliphatic carbocycles. The lowest BCUT2D eigenvalue weighted by atomic mass is 9.98. The lowest BCUT2D eigenvalue weighted by molar-refractivity contribution is 1.08. The van der Waals surface area contributed by atoms with Crippen LogP contribution in [0.4, 0.5) is 0 Å². The van der Waals surface area contributed by atoms with Crippen molar-refractivity contribution < 1.29 is 0 Å². The molecule has 0 radical (unpaired) electrons. The number of aromatic nitrogens is 3. The summed E-state index contributed by atoms with van der Waals surface area (Å²) in [5.74, 6) is 1.99. The Morgan fingerprint density at radius 2 is 0.786 bits per heavy atom. The van der Waals surface area contributed by atoms with Gasteiger partial charge in [-0.25, -0.2) is 15.0 Å². The molecule has 0 atom stereocenters. The zero-order valence-electron chi connectivity index (χ0n) is 30.1. The molecular weight excluding hydrogens is 719 g/mol. The Morgan fingerprint density at radius 3 is 1.55 bits per heavy atom. The highest BCUT2D eigenvalue weighted by Crippen LogP contribution is 2.43. The van der Waals surface area contributed by atoms with E-state index in [9.17, 15) is 0 Å². The molecule has 3 heterocycles. The zero-order valence-corrected chi connectivity index (χ0v) is 31.7. The van der Waals surface area contributed by atoms with Crippen molar-refractivity contribution in [3.63, 3.8) is 0 Å². The molecular formula is C51H31N3S2. The average molecular weight is 750 g/mol. The van der Waals surface area contributed by atoms with E-state index in [4.69, 9.17) is 15.0 Å². The summed E-state index contributed by atoms with van der Waals surface area (Å²) >= 11 is 3.66. The highest BCUT2D eigenvalue weighted by Gasteiger charge is 2.18. The van der Waals surface area contributed by atoms with Gasteiger partial charge in [0.15, 0.2) is 17.5 Å². The van der Waals surface area contributed by atoms with Gasteiger partial charge in [0.25, 0.3) is 0 Å². The summed E-state index contributed by atoms with van der Waals surface area (Å²) in [6.45, 7) is 0. The van der Waals surface area contributed by atoms with Gasteiger partial charge in [-0.3, -0.25) is 0 Å². The van der Waals surface area contributed by atoms with Crippen LogP contribution in [0.2, 0.25) is 0 Å². The molecule has 0 saturated heterocycles. The number of fused-ring (bicyclic) bond motifs is 6. The van der Waals surface area contributed by atoms with Gasteiger partial charge >= 0.3 is 0 Å². The molecule has 3 aromatic heterocycles. The minimum Gasteiger partial charge on any atom is -0.208 e. The quantitative estimate of drug-likeness (QED) is 0.170. The van der Waals surface area contributed by atoms with Crippen molar-refractivity contribution in [3.8, 4) is 67.5 Å². The van der Waals surface area contributed by atoms with E-state index < -0.39 is 0 Å². The highest BCUT2D eigenvalue weighted by atomic mass is 32.1. The van der Waals surface area contributed by atoms with Gasteiger partial charge in [-0.1, -0.05) is 164 Å². The van der Waals surface area contributed by atoms with E-state index in [0.717, 1.165) is 22.3 Å². The molecule has 5 heteroatoms. The minimum absolute atomic E-state index is 0.654. The molecule has 0 bridgehead atoms. The van der Waals surface area contributed by atoms with Crippen LogP contribution in [-0.2, 0) is 0 Å². The third-order valence-corrected chi connectivity index (χ3v) is 12.9. The molecule has 0 unspecified atom stereocenters. The first kappa shape index (κ1) is 32.6. The topological polar surface area (TPSA) is 38.7 Å². The molecule has 3 nitrogen and oxygen atoms in total. The van der Waals surface area contributed by atoms with E-state index in [1.807, 2.05) is 29.5 Å². The van der Waals surface area contributed by atoms with Crippen molar-refractivity contribution in [1.29, 1.82) is 0 Å². The van der Waals surface area contributed by atoms with E-state index in [1.165, 1.54) is 68.2 Å². The summed E-state index contributed by atoms with van der Waals surface area (Å²) in [7, 11) is 0. The summed E-state index contributed by atoms with van der Waals surface area (Å²) in [5, 5.41) is 4.97. The maximum atomic E-state index is 5.15. The fourth-order valence-corrected chi connectivity index (χ4v) is 10.1. The Kier molecular flexibility index (Phi) is 7.87. The van der Waals surface area contributed by atoms with E-state index in [1.54, 1.807) is 11.3 Å². The van der Waals surface area contributed by atoms with E-state index in [0.29, 0.717) is 17.5 Å². The second kappa shape index (κ2) is 13.5. The first-order valence-electron chi connectivity index (χ1n) is 18.7. The van der Waals surface area contributed by atoms with Crippen LogP contribution in [0.3, 0.4) is 0 Å². The Morgan fingerprint density at radius 1 is 0.286 bits per heavy atom. The van der Waals surface area contributed by atoms with E-state index >= 15 is 0 Å². The van der Waals surface area contributed by atoms with Crippen molar-refractivity contribution in [1.82, 2.24) is 15.0 Å². The second-order valence-electron chi connectivity index (χ2n) is 14.0. The van der Waals surface area contributed by atoms with Crippen LogP contribution in [-0.4, -0.2) is 15.0 Å². The van der Waals surface area contributed by atoms with Crippen LogP contribution >= 0.6 is 22.7 Å². The van der Waals surface area contributed by atoms with Crippen molar-refractivity contribution in [2.75, 3.05) is 0 Å². The maximum Gasteiger partial charge on any atom is 0.164 e. The Hall–Kier alpha value is -6.79. The van der Waals surface area contributed by atoms with Crippen molar-refractivity contribution in [2.45, 2.75) is 0 Å². The van der Waals surface area contributed by atoms with Crippen molar-refractivity contribution in [3.05, 3.63) is 188 Å². The van der Waals surface area contributed by atoms with Gasteiger partial charge in [-0.05, 0) is 57.6 Å². The zero-order chi connectivity index (χ0) is 37.0. The molecule has 0 amide bonds.